The number of nitrogens with zero attached hydrogens (tertiary/aromatic N) is 2. The molecule has 96 valence electrons. The summed E-state index contributed by atoms with van der Waals surface area (Å²) >= 11 is 0. The first-order chi connectivity index (χ1) is 8.68. The molecule has 1 aromatic heterocycles. The summed E-state index contributed by atoms with van der Waals surface area (Å²) in [6.07, 6.45) is 2.74. The SMILES string of the molecule is CN(C)CCCOc1ccnc2c(N)cccc12. The van der Waals surface area contributed by atoms with E-state index >= 15 is 0 Å². The molecule has 0 bridgehead atoms. The molecule has 0 radical (unpaired) electrons. The number of para-hydroxylation sites is 1. The third-order valence-electron chi connectivity index (χ3n) is 2.77. The van der Waals surface area contributed by atoms with Crippen molar-refractivity contribution >= 4 is 16.6 Å². The van der Waals surface area contributed by atoms with Crippen LogP contribution in [0.1, 0.15) is 6.42 Å². The van der Waals surface area contributed by atoms with Crippen molar-refractivity contribution in [1.82, 2.24) is 9.88 Å². The van der Waals surface area contributed by atoms with Gasteiger partial charge in [-0.3, -0.25) is 4.98 Å². The van der Waals surface area contributed by atoms with Gasteiger partial charge in [-0.05, 0) is 38.7 Å². The summed E-state index contributed by atoms with van der Waals surface area (Å²) < 4.78 is 5.80. The van der Waals surface area contributed by atoms with E-state index in [1.165, 1.54) is 0 Å². The summed E-state index contributed by atoms with van der Waals surface area (Å²) in [6.45, 7) is 1.72. The Kier molecular flexibility index (Phi) is 3.99. The lowest BCUT2D eigenvalue weighted by atomic mass is 10.2. The third-order valence-corrected chi connectivity index (χ3v) is 2.77. The summed E-state index contributed by atoms with van der Waals surface area (Å²) in [7, 11) is 4.12. The molecule has 0 saturated carbocycles. The molecule has 0 amide bonds. The Labute approximate surface area is 107 Å². The van der Waals surface area contributed by atoms with E-state index in [2.05, 4.69) is 24.0 Å². The maximum absolute atomic E-state index is 5.89. The number of nitrogens with two attached hydrogens (primary N) is 1. The number of ether oxygens (including phenoxy) is 1. The van der Waals surface area contributed by atoms with Crippen LogP contribution in [0.4, 0.5) is 5.69 Å². The van der Waals surface area contributed by atoms with Gasteiger partial charge in [-0.1, -0.05) is 6.07 Å². The highest BCUT2D eigenvalue weighted by molar-refractivity contribution is 5.93. The van der Waals surface area contributed by atoms with Crippen LogP contribution in [0.5, 0.6) is 5.75 Å². The third kappa shape index (κ3) is 2.90. The van der Waals surface area contributed by atoms with E-state index in [1.54, 1.807) is 6.20 Å². The van der Waals surface area contributed by atoms with Crippen molar-refractivity contribution in [2.75, 3.05) is 33.0 Å². The Balaban J connectivity index is 2.11. The van der Waals surface area contributed by atoms with Crippen molar-refractivity contribution in [3.05, 3.63) is 30.5 Å². The molecule has 4 nitrogen and oxygen atoms in total. The molecule has 18 heavy (non-hydrogen) atoms. The van der Waals surface area contributed by atoms with Gasteiger partial charge in [0.15, 0.2) is 0 Å². The fourth-order valence-corrected chi connectivity index (χ4v) is 1.86. The zero-order valence-electron chi connectivity index (χ0n) is 10.9. The Morgan fingerprint density at radius 2 is 2.11 bits per heavy atom. The van der Waals surface area contributed by atoms with Crippen molar-refractivity contribution in [2.24, 2.45) is 0 Å². The molecule has 0 aliphatic rings. The average Bonchev–Trinajstić information content (AvgIpc) is 2.35. The van der Waals surface area contributed by atoms with Crippen LogP contribution in [0.25, 0.3) is 10.9 Å². The second-order valence-corrected chi connectivity index (χ2v) is 4.56. The molecule has 2 rings (SSSR count). The van der Waals surface area contributed by atoms with Crippen LogP contribution in [0, 0.1) is 0 Å². The maximum atomic E-state index is 5.89. The standard InChI is InChI=1S/C14H19N3O/c1-17(2)9-4-10-18-13-7-8-16-14-11(13)5-3-6-12(14)15/h3,5-8H,4,9-10,15H2,1-2H3. The Bertz CT molecular complexity index is 525. The van der Waals surface area contributed by atoms with E-state index in [4.69, 9.17) is 10.5 Å². The highest BCUT2D eigenvalue weighted by atomic mass is 16.5. The minimum absolute atomic E-state index is 0.686. The minimum Gasteiger partial charge on any atom is -0.493 e. The van der Waals surface area contributed by atoms with Gasteiger partial charge in [0.05, 0.1) is 17.8 Å². The molecule has 4 heteroatoms. The van der Waals surface area contributed by atoms with E-state index in [-0.39, 0.29) is 0 Å². The Morgan fingerprint density at radius 3 is 2.89 bits per heavy atom. The molecule has 0 spiro atoms. The second kappa shape index (κ2) is 5.69. The molecule has 0 atom stereocenters. The number of hydrogen-bond acceptors (Lipinski definition) is 4. The van der Waals surface area contributed by atoms with Gasteiger partial charge in [0.25, 0.3) is 0 Å². The zero-order valence-corrected chi connectivity index (χ0v) is 10.9. The van der Waals surface area contributed by atoms with Gasteiger partial charge in [-0.15, -0.1) is 0 Å². The number of anilines is 1. The Morgan fingerprint density at radius 1 is 1.28 bits per heavy atom. The van der Waals surface area contributed by atoms with Crippen LogP contribution in [0.15, 0.2) is 30.5 Å². The van der Waals surface area contributed by atoms with Crippen LogP contribution in [0.3, 0.4) is 0 Å². The molecule has 0 saturated heterocycles. The van der Waals surface area contributed by atoms with E-state index in [9.17, 15) is 0 Å². The minimum atomic E-state index is 0.686. The molecule has 1 heterocycles. The van der Waals surface area contributed by atoms with Crippen LogP contribution < -0.4 is 10.5 Å². The van der Waals surface area contributed by atoms with Gasteiger partial charge in [-0.2, -0.15) is 0 Å². The molecule has 0 unspecified atom stereocenters. The van der Waals surface area contributed by atoms with Crippen molar-refractivity contribution < 1.29 is 4.74 Å². The quantitative estimate of drug-likeness (QED) is 0.647. The molecule has 1 aromatic carbocycles. The molecular formula is C14H19N3O. The van der Waals surface area contributed by atoms with E-state index < -0.39 is 0 Å². The summed E-state index contributed by atoms with van der Waals surface area (Å²) in [4.78, 5) is 6.43. The lowest BCUT2D eigenvalue weighted by Crippen LogP contribution is -2.15. The normalized spacial score (nSPS) is 11.1. The number of benzene rings is 1. The first-order valence-corrected chi connectivity index (χ1v) is 6.09. The zero-order chi connectivity index (χ0) is 13.0. The highest BCUT2D eigenvalue weighted by Gasteiger charge is 2.05. The topological polar surface area (TPSA) is 51.4 Å². The van der Waals surface area contributed by atoms with Gasteiger partial charge >= 0.3 is 0 Å². The maximum Gasteiger partial charge on any atom is 0.130 e. The van der Waals surface area contributed by atoms with Gasteiger partial charge in [0, 0.05) is 18.1 Å². The number of fused-ring (bicyclic) bond motifs is 1. The smallest absolute Gasteiger partial charge is 0.130 e. The van der Waals surface area contributed by atoms with Crippen molar-refractivity contribution in [3.8, 4) is 5.75 Å². The van der Waals surface area contributed by atoms with Crippen LogP contribution in [0.2, 0.25) is 0 Å². The number of nitrogen functional groups attached to an aromatic ring is 1. The predicted molar refractivity (Wildman–Crippen MR) is 74.8 cm³/mol. The molecular weight excluding hydrogens is 226 g/mol. The summed E-state index contributed by atoms with van der Waals surface area (Å²) in [5.74, 6) is 0.853. The molecule has 0 aliphatic heterocycles. The largest absolute Gasteiger partial charge is 0.493 e. The number of aromatic nitrogens is 1. The van der Waals surface area contributed by atoms with E-state index in [0.29, 0.717) is 12.3 Å². The molecule has 2 N–H and O–H groups in total. The number of rotatable bonds is 5. The average molecular weight is 245 g/mol. The van der Waals surface area contributed by atoms with Gasteiger partial charge < -0.3 is 15.4 Å². The van der Waals surface area contributed by atoms with Crippen LogP contribution in [-0.4, -0.2) is 37.1 Å². The molecule has 2 aromatic rings. The molecule has 0 aliphatic carbocycles. The van der Waals surface area contributed by atoms with E-state index in [1.807, 2.05) is 24.3 Å². The fourth-order valence-electron chi connectivity index (χ4n) is 1.86. The van der Waals surface area contributed by atoms with E-state index in [0.717, 1.165) is 29.6 Å². The molecule has 0 fully saturated rings. The van der Waals surface area contributed by atoms with Crippen LogP contribution in [-0.2, 0) is 0 Å². The first kappa shape index (κ1) is 12.6. The van der Waals surface area contributed by atoms with Gasteiger partial charge in [0.1, 0.15) is 5.75 Å². The number of pyridine rings is 1. The number of hydrogen-bond donors (Lipinski definition) is 1. The lowest BCUT2D eigenvalue weighted by Gasteiger charge is -2.12. The summed E-state index contributed by atoms with van der Waals surface area (Å²) in [5, 5.41) is 0.974. The lowest BCUT2D eigenvalue weighted by molar-refractivity contribution is 0.284. The van der Waals surface area contributed by atoms with Gasteiger partial charge in [-0.25, -0.2) is 0 Å². The van der Waals surface area contributed by atoms with Crippen LogP contribution >= 0.6 is 0 Å². The van der Waals surface area contributed by atoms with Crippen molar-refractivity contribution in [3.63, 3.8) is 0 Å². The van der Waals surface area contributed by atoms with Gasteiger partial charge in [0.2, 0.25) is 0 Å². The summed E-state index contributed by atoms with van der Waals surface area (Å²) in [5.41, 5.74) is 7.39. The highest BCUT2D eigenvalue weighted by Crippen LogP contribution is 2.27. The van der Waals surface area contributed by atoms with Crippen molar-refractivity contribution in [1.29, 1.82) is 0 Å². The predicted octanol–water partition coefficient (Wildman–Crippen LogP) is 2.15. The first-order valence-electron chi connectivity index (χ1n) is 6.09. The Hall–Kier alpha value is -1.81. The fraction of sp³-hybridized carbons (Fsp3) is 0.357. The van der Waals surface area contributed by atoms with Crippen molar-refractivity contribution in [2.45, 2.75) is 6.42 Å². The second-order valence-electron chi connectivity index (χ2n) is 4.56. The summed E-state index contributed by atoms with van der Waals surface area (Å²) in [6, 6.07) is 7.65. The monoisotopic (exact) mass is 245 g/mol.